The predicted molar refractivity (Wildman–Crippen MR) is 99.1 cm³/mol. The van der Waals surface area contributed by atoms with Gasteiger partial charge in [0.15, 0.2) is 0 Å². The Morgan fingerprint density at radius 2 is 2.08 bits per heavy atom. The molecule has 2 N–H and O–H groups in total. The van der Waals surface area contributed by atoms with Crippen molar-refractivity contribution in [3.05, 3.63) is 52.0 Å². The van der Waals surface area contributed by atoms with Gasteiger partial charge in [-0.2, -0.15) is 0 Å². The Morgan fingerprint density at radius 1 is 1.24 bits per heavy atom. The Morgan fingerprint density at radius 3 is 2.92 bits per heavy atom. The Balaban J connectivity index is 1.85. The lowest BCUT2D eigenvalue weighted by Crippen LogP contribution is -2.40. The van der Waals surface area contributed by atoms with E-state index in [0.717, 1.165) is 40.9 Å². The summed E-state index contributed by atoms with van der Waals surface area (Å²) < 4.78 is 27.8. The van der Waals surface area contributed by atoms with Gasteiger partial charge in [0.2, 0.25) is 0 Å². The largest absolute Gasteiger partial charge is 0.366 e. The maximum Gasteiger partial charge on any atom is 0.141 e. The Hall–Kier alpha value is -2.19. The average Bonchev–Trinajstić information content (AvgIpc) is 2.66. The van der Waals surface area contributed by atoms with Crippen molar-refractivity contribution >= 4 is 38.8 Å². The maximum absolute atomic E-state index is 14.0. The highest BCUT2D eigenvalue weighted by molar-refractivity contribution is 9.10. The maximum atomic E-state index is 14.0. The monoisotopic (exact) mass is 407 g/mol. The van der Waals surface area contributed by atoms with E-state index < -0.39 is 0 Å². The Labute approximate surface area is 152 Å². The number of nitrogens with one attached hydrogen (secondary N) is 2. The number of hydrogen-bond donors (Lipinski definition) is 2. The van der Waals surface area contributed by atoms with Crippen LogP contribution in [-0.4, -0.2) is 19.0 Å². The first kappa shape index (κ1) is 16.3. The van der Waals surface area contributed by atoms with Gasteiger partial charge in [0.05, 0.1) is 5.56 Å². The van der Waals surface area contributed by atoms with Crippen molar-refractivity contribution in [2.75, 3.05) is 28.7 Å². The van der Waals surface area contributed by atoms with Crippen molar-refractivity contribution in [2.45, 2.75) is 12.8 Å². The summed E-state index contributed by atoms with van der Waals surface area (Å²) in [5, 5.41) is 2.99. The third-order valence-corrected chi connectivity index (χ3v) is 5.24. The van der Waals surface area contributed by atoms with Crippen molar-refractivity contribution in [1.29, 1.82) is 0 Å². The highest BCUT2D eigenvalue weighted by atomic mass is 79.9. The van der Waals surface area contributed by atoms with E-state index in [1.165, 1.54) is 11.6 Å². The van der Waals surface area contributed by atoms with Crippen LogP contribution in [0.5, 0.6) is 0 Å². The Kier molecular flexibility index (Phi) is 4.30. The third kappa shape index (κ3) is 2.75. The highest BCUT2D eigenvalue weighted by Gasteiger charge is 2.29. The second kappa shape index (κ2) is 6.61. The molecule has 0 spiro atoms. The zero-order valence-electron chi connectivity index (χ0n) is 13.3. The number of fused-ring (bicyclic) bond motifs is 2. The van der Waals surface area contributed by atoms with Gasteiger partial charge in [0, 0.05) is 22.4 Å². The molecule has 25 heavy (non-hydrogen) atoms. The molecule has 0 saturated heterocycles. The molecule has 0 aromatic heterocycles. The standard InChI is InChI=1S/C17H16BrF2N5/c18-12-5-1-7-14-11(12)4-3-9-24(14)17-16-13(21-10-22-17)6-2-8-15(16)25(20)23-19/h1-2,5-8,21,23H,3-4,9-10H2. The van der Waals surface area contributed by atoms with Crippen molar-refractivity contribution in [1.82, 2.24) is 5.65 Å². The van der Waals surface area contributed by atoms with Crippen LogP contribution >= 0.6 is 15.9 Å². The normalized spacial score (nSPS) is 15.8. The van der Waals surface area contributed by atoms with Gasteiger partial charge < -0.3 is 10.2 Å². The molecule has 8 heteroatoms. The fraction of sp³-hybridized carbons (Fsp3) is 0.235. The molecule has 2 aromatic carbocycles. The molecule has 2 heterocycles. The molecule has 2 aliphatic rings. The molecule has 0 amide bonds. The quantitative estimate of drug-likeness (QED) is 0.580. The summed E-state index contributed by atoms with van der Waals surface area (Å²) in [5.74, 6) is 0.640. The summed E-state index contributed by atoms with van der Waals surface area (Å²) in [7, 11) is 0. The number of aliphatic imine (C=N–C) groups is 1. The summed E-state index contributed by atoms with van der Waals surface area (Å²) in [6, 6.07) is 11.1. The van der Waals surface area contributed by atoms with Crippen LogP contribution < -0.4 is 21.1 Å². The number of benzene rings is 2. The highest BCUT2D eigenvalue weighted by Crippen LogP contribution is 2.37. The van der Waals surface area contributed by atoms with Gasteiger partial charge in [0.25, 0.3) is 0 Å². The first-order valence-corrected chi connectivity index (χ1v) is 8.79. The van der Waals surface area contributed by atoms with Gasteiger partial charge in [-0.15, -0.1) is 9.71 Å². The van der Waals surface area contributed by atoms with Crippen LogP contribution in [0.4, 0.5) is 26.0 Å². The first-order valence-electron chi connectivity index (χ1n) is 7.99. The van der Waals surface area contributed by atoms with E-state index in [1.54, 1.807) is 6.07 Å². The predicted octanol–water partition coefficient (Wildman–Crippen LogP) is 4.11. The van der Waals surface area contributed by atoms with Gasteiger partial charge in [-0.05, 0) is 48.3 Å². The second-order valence-electron chi connectivity index (χ2n) is 5.87. The number of rotatable bonds is 2. The van der Waals surface area contributed by atoms with Gasteiger partial charge in [-0.3, -0.25) is 0 Å². The molecule has 0 radical (unpaired) electrons. The van der Waals surface area contributed by atoms with E-state index in [-0.39, 0.29) is 10.9 Å². The smallest absolute Gasteiger partial charge is 0.141 e. The van der Waals surface area contributed by atoms with E-state index >= 15 is 0 Å². The molecule has 0 unspecified atom stereocenters. The van der Waals surface area contributed by atoms with Crippen molar-refractivity contribution < 1.29 is 8.96 Å². The summed E-state index contributed by atoms with van der Waals surface area (Å²) >= 11 is 3.61. The van der Waals surface area contributed by atoms with Crippen LogP contribution in [-0.2, 0) is 6.42 Å². The minimum atomic E-state index is -0.132. The summed E-state index contributed by atoms with van der Waals surface area (Å²) in [6.07, 6.45) is 1.93. The molecule has 0 bridgehead atoms. The topological polar surface area (TPSA) is 42.9 Å². The number of anilines is 3. The van der Waals surface area contributed by atoms with Gasteiger partial charge in [-0.25, -0.2) is 4.99 Å². The lowest BCUT2D eigenvalue weighted by atomic mass is 9.99. The van der Waals surface area contributed by atoms with Gasteiger partial charge >= 0.3 is 0 Å². The van der Waals surface area contributed by atoms with Crippen LogP contribution in [0.25, 0.3) is 0 Å². The number of amidine groups is 1. The van der Waals surface area contributed by atoms with Crippen LogP contribution in [0.1, 0.15) is 17.5 Å². The minimum Gasteiger partial charge on any atom is -0.366 e. The average molecular weight is 408 g/mol. The van der Waals surface area contributed by atoms with E-state index in [4.69, 9.17) is 0 Å². The van der Waals surface area contributed by atoms with Crippen molar-refractivity contribution in [3.63, 3.8) is 0 Å². The lowest BCUT2D eigenvalue weighted by molar-refractivity contribution is 0.215. The number of nitrogens with zero attached hydrogens (tertiary/aromatic N) is 3. The number of halogens is 3. The van der Waals surface area contributed by atoms with Crippen LogP contribution in [0.3, 0.4) is 0 Å². The number of hydrogen-bond acceptors (Lipinski definition) is 5. The fourth-order valence-corrected chi connectivity index (χ4v) is 3.99. The third-order valence-electron chi connectivity index (χ3n) is 4.50. The number of hydrazine groups is 1. The molecular formula is C17H16BrF2N5. The minimum absolute atomic E-state index is 0.0769. The van der Waals surface area contributed by atoms with Crippen LogP contribution in [0, 0.1) is 0 Å². The lowest BCUT2D eigenvalue weighted by Gasteiger charge is -2.35. The van der Waals surface area contributed by atoms with Crippen LogP contribution in [0.2, 0.25) is 0 Å². The van der Waals surface area contributed by atoms with E-state index in [0.29, 0.717) is 18.1 Å². The van der Waals surface area contributed by atoms with Crippen molar-refractivity contribution in [3.8, 4) is 0 Å². The molecule has 0 atom stereocenters. The van der Waals surface area contributed by atoms with Gasteiger partial charge in [0.1, 0.15) is 18.2 Å². The second-order valence-corrected chi connectivity index (χ2v) is 6.73. The summed E-state index contributed by atoms with van der Waals surface area (Å²) in [5.41, 5.74) is 4.62. The SMILES string of the molecule is FNN(F)c1cccc2c1C(N1CCCc3c(Br)cccc31)=NCN2. The zero-order valence-corrected chi connectivity index (χ0v) is 14.9. The first-order chi connectivity index (χ1) is 12.2. The molecule has 2 aromatic rings. The Bertz CT molecular complexity index is 842. The fourth-order valence-electron chi connectivity index (χ4n) is 3.43. The van der Waals surface area contributed by atoms with Crippen LogP contribution in [0.15, 0.2) is 45.9 Å². The van der Waals surface area contributed by atoms with E-state index in [1.807, 2.05) is 24.3 Å². The molecule has 0 saturated carbocycles. The molecule has 0 fully saturated rings. The zero-order chi connectivity index (χ0) is 17.4. The molecule has 2 aliphatic heterocycles. The van der Waals surface area contributed by atoms with E-state index in [9.17, 15) is 8.96 Å². The summed E-state index contributed by atoms with van der Waals surface area (Å²) in [6.45, 7) is 1.16. The molecule has 130 valence electrons. The molecule has 5 nitrogen and oxygen atoms in total. The molecule has 4 rings (SSSR count). The molecular weight excluding hydrogens is 392 g/mol. The summed E-state index contributed by atoms with van der Waals surface area (Å²) in [4.78, 5) is 6.66. The van der Waals surface area contributed by atoms with Gasteiger partial charge in [-0.1, -0.05) is 32.5 Å². The molecule has 0 aliphatic carbocycles. The van der Waals surface area contributed by atoms with E-state index in [2.05, 4.69) is 31.1 Å². The van der Waals surface area contributed by atoms with Crippen molar-refractivity contribution in [2.24, 2.45) is 4.99 Å².